The minimum Gasteiger partial charge on any atom is -0.384 e. The van der Waals surface area contributed by atoms with Crippen LogP contribution in [0, 0.1) is 0 Å². The van der Waals surface area contributed by atoms with E-state index >= 15 is 0 Å². The summed E-state index contributed by atoms with van der Waals surface area (Å²) in [5.41, 5.74) is 11.2. The lowest BCUT2D eigenvalue weighted by Gasteiger charge is -2.09. The van der Waals surface area contributed by atoms with Gasteiger partial charge in [0.15, 0.2) is 0 Å². The molecule has 2 heterocycles. The number of amides is 1. The summed E-state index contributed by atoms with van der Waals surface area (Å²) in [4.78, 5) is 21.7. The summed E-state index contributed by atoms with van der Waals surface area (Å²) in [6.45, 7) is 1.11. The van der Waals surface area contributed by atoms with Crippen LogP contribution in [-0.4, -0.2) is 29.7 Å². The zero-order valence-corrected chi connectivity index (χ0v) is 16.0. The van der Waals surface area contributed by atoms with Crippen LogP contribution >= 0.6 is 0 Å². The monoisotopic (exact) mass is 382 g/mol. The van der Waals surface area contributed by atoms with Crippen molar-refractivity contribution >= 4 is 23.0 Å². The van der Waals surface area contributed by atoms with Crippen molar-refractivity contribution in [1.29, 1.82) is 0 Å². The van der Waals surface area contributed by atoms with Crippen molar-refractivity contribution in [3.05, 3.63) is 101 Å². The molecule has 3 aromatic rings. The summed E-state index contributed by atoms with van der Waals surface area (Å²) in [5.74, 6) is 0.369. The molecule has 0 aliphatic carbocycles. The molecule has 3 N–H and O–H groups in total. The lowest BCUT2D eigenvalue weighted by molar-refractivity contribution is 0.0954. The van der Waals surface area contributed by atoms with E-state index in [0.717, 1.165) is 28.1 Å². The third kappa shape index (κ3) is 4.41. The van der Waals surface area contributed by atoms with Crippen LogP contribution in [0.5, 0.6) is 0 Å². The molecule has 4 rings (SSSR count). The van der Waals surface area contributed by atoms with Crippen LogP contribution in [0.3, 0.4) is 0 Å². The Morgan fingerprint density at radius 3 is 2.59 bits per heavy atom. The first kappa shape index (κ1) is 18.6. The van der Waals surface area contributed by atoms with Crippen LogP contribution in [0.15, 0.2) is 83.9 Å². The number of nitrogens with two attached hydrogens (primary N) is 1. The van der Waals surface area contributed by atoms with Gasteiger partial charge in [-0.15, -0.1) is 0 Å². The van der Waals surface area contributed by atoms with Crippen molar-refractivity contribution in [2.75, 3.05) is 18.8 Å². The average Bonchev–Trinajstić information content (AvgIpc) is 3.25. The number of nitrogens with zero attached hydrogens (tertiary/aromatic N) is 2. The van der Waals surface area contributed by atoms with Gasteiger partial charge >= 0.3 is 0 Å². The van der Waals surface area contributed by atoms with Crippen molar-refractivity contribution in [3.8, 4) is 0 Å². The molecule has 0 radical (unpaired) electrons. The Morgan fingerprint density at radius 2 is 1.76 bits per heavy atom. The van der Waals surface area contributed by atoms with Gasteiger partial charge in [-0.2, -0.15) is 0 Å². The second kappa shape index (κ2) is 8.52. The summed E-state index contributed by atoms with van der Waals surface area (Å²) < 4.78 is 0. The van der Waals surface area contributed by atoms with Crippen LogP contribution in [0.2, 0.25) is 0 Å². The molecule has 0 saturated carbocycles. The maximum atomic E-state index is 12.8. The highest BCUT2D eigenvalue weighted by Gasteiger charge is 2.17. The summed E-state index contributed by atoms with van der Waals surface area (Å²) in [6, 6.07) is 23.3. The molecule has 144 valence electrons. The van der Waals surface area contributed by atoms with Crippen molar-refractivity contribution < 1.29 is 4.79 Å². The Kier molecular flexibility index (Phi) is 5.47. The minimum absolute atomic E-state index is 0.117. The van der Waals surface area contributed by atoms with Crippen molar-refractivity contribution in [2.45, 2.75) is 6.42 Å². The molecular weight excluding hydrogens is 360 g/mol. The van der Waals surface area contributed by atoms with Crippen LogP contribution < -0.4 is 11.1 Å². The van der Waals surface area contributed by atoms with E-state index in [1.54, 1.807) is 6.07 Å². The molecule has 0 spiro atoms. The van der Waals surface area contributed by atoms with E-state index in [1.807, 2.05) is 54.6 Å². The van der Waals surface area contributed by atoms with Gasteiger partial charge in [0, 0.05) is 29.8 Å². The second-order valence-electron chi connectivity index (χ2n) is 6.84. The molecule has 2 aromatic carbocycles. The van der Waals surface area contributed by atoms with Gasteiger partial charge in [0.05, 0.1) is 12.3 Å². The van der Waals surface area contributed by atoms with Crippen LogP contribution in [0.25, 0.3) is 5.57 Å². The molecule has 0 atom stereocenters. The number of allylic oxidation sites excluding steroid dienone is 1. The maximum absolute atomic E-state index is 12.8. The molecule has 5 nitrogen and oxygen atoms in total. The summed E-state index contributed by atoms with van der Waals surface area (Å²) in [7, 11) is 0. The number of nitrogens with one attached hydrogen (secondary N) is 1. The largest absolute Gasteiger partial charge is 0.384 e. The fraction of sp³-hybridized carbons (Fsp3) is 0.125. The number of carbonyl (C=O) groups excluding carboxylic acids is 1. The van der Waals surface area contributed by atoms with Crippen LogP contribution in [0.1, 0.15) is 27.2 Å². The van der Waals surface area contributed by atoms with Crippen molar-refractivity contribution in [1.82, 2.24) is 10.3 Å². The first-order valence-corrected chi connectivity index (χ1v) is 9.60. The van der Waals surface area contributed by atoms with E-state index in [0.29, 0.717) is 30.9 Å². The highest BCUT2D eigenvalue weighted by Crippen LogP contribution is 2.23. The number of aromatic nitrogens is 1. The van der Waals surface area contributed by atoms with Gasteiger partial charge in [-0.1, -0.05) is 54.6 Å². The normalized spacial score (nSPS) is 13.0. The Balaban J connectivity index is 1.47. The quantitative estimate of drug-likeness (QED) is 0.684. The molecule has 1 aliphatic heterocycles. The van der Waals surface area contributed by atoms with E-state index in [4.69, 9.17) is 5.73 Å². The van der Waals surface area contributed by atoms with Gasteiger partial charge in [0.2, 0.25) is 0 Å². The number of anilines is 1. The molecule has 1 amide bonds. The van der Waals surface area contributed by atoms with Crippen LogP contribution in [0.4, 0.5) is 5.82 Å². The zero-order chi connectivity index (χ0) is 20.1. The molecule has 1 aromatic heterocycles. The molecule has 1 aliphatic rings. The smallest absolute Gasteiger partial charge is 0.251 e. The number of carbonyl (C=O) groups is 1. The Bertz CT molecular complexity index is 1090. The Labute approximate surface area is 170 Å². The number of rotatable bonds is 6. The molecule has 0 bridgehead atoms. The topological polar surface area (TPSA) is 80.4 Å². The van der Waals surface area contributed by atoms with Crippen molar-refractivity contribution in [3.63, 3.8) is 0 Å². The third-order valence-corrected chi connectivity index (χ3v) is 4.82. The predicted octanol–water partition coefficient (Wildman–Crippen LogP) is 3.52. The SMILES string of the molecule is Nc1cccc(CCNC(=O)c2ccccc2C2=NCC(c3ccccc3)=C2)n1. The first-order chi connectivity index (χ1) is 14.2. The van der Waals surface area contributed by atoms with E-state index in [9.17, 15) is 4.79 Å². The Hall–Kier alpha value is -3.73. The molecule has 29 heavy (non-hydrogen) atoms. The number of aliphatic imine (C=N–C) groups is 1. The zero-order valence-electron chi connectivity index (χ0n) is 16.0. The highest BCUT2D eigenvalue weighted by molar-refractivity contribution is 6.19. The van der Waals surface area contributed by atoms with Gasteiger partial charge < -0.3 is 11.1 Å². The van der Waals surface area contributed by atoms with E-state index in [-0.39, 0.29) is 5.91 Å². The first-order valence-electron chi connectivity index (χ1n) is 9.60. The fourth-order valence-electron chi connectivity index (χ4n) is 3.36. The van der Waals surface area contributed by atoms with E-state index in [1.165, 1.54) is 0 Å². The minimum atomic E-state index is -0.117. The average molecular weight is 382 g/mol. The maximum Gasteiger partial charge on any atom is 0.251 e. The van der Waals surface area contributed by atoms with E-state index < -0.39 is 0 Å². The standard InChI is InChI=1S/C24H22N4O/c25-23-12-6-9-19(28-23)13-14-26-24(29)21-11-5-4-10-20(21)22-15-18(16-27-22)17-7-2-1-3-8-17/h1-12,15H,13-14,16H2,(H2,25,28)(H,26,29). The van der Waals surface area contributed by atoms with Gasteiger partial charge in [-0.05, 0) is 35.4 Å². The third-order valence-electron chi connectivity index (χ3n) is 4.82. The number of benzene rings is 2. The molecule has 0 fully saturated rings. The molecule has 0 unspecified atom stereocenters. The van der Waals surface area contributed by atoms with Crippen LogP contribution in [-0.2, 0) is 6.42 Å². The number of hydrogen-bond donors (Lipinski definition) is 2. The van der Waals surface area contributed by atoms with E-state index in [2.05, 4.69) is 33.5 Å². The summed E-state index contributed by atoms with van der Waals surface area (Å²) >= 11 is 0. The lowest BCUT2D eigenvalue weighted by atomic mass is 10.00. The fourth-order valence-corrected chi connectivity index (χ4v) is 3.36. The van der Waals surface area contributed by atoms with Gasteiger partial charge in [0.1, 0.15) is 5.82 Å². The second-order valence-corrected chi connectivity index (χ2v) is 6.84. The number of hydrogen-bond acceptors (Lipinski definition) is 4. The molecule has 0 saturated heterocycles. The summed E-state index contributed by atoms with van der Waals surface area (Å²) in [6.07, 6.45) is 2.69. The molecule has 5 heteroatoms. The lowest BCUT2D eigenvalue weighted by Crippen LogP contribution is -2.27. The predicted molar refractivity (Wildman–Crippen MR) is 117 cm³/mol. The molecular formula is C24H22N4O. The van der Waals surface area contributed by atoms with Gasteiger partial charge in [-0.3, -0.25) is 9.79 Å². The number of pyridine rings is 1. The van der Waals surface area contributed by atoms with Gasteiger partial charge in [0.25, 0.3) is 5.91 Å². The summed E-state index contributed by atoms with van der Waals surface area (Å²) in [5, 5.41) is 2.98. The highest BCUT2D eigenvalue weighted by atomic mass is 16.1. The number of nitrogen functional groups attached to an aromatic ring is 1. The van der Waals surface area contributed by atoms with Crippen molar-refractivity contribution in [2.24, 2.45) is 4.99 Å². The van der Waals surface area contributed by atoms with Gasteiger partial charge in [-0.25, -0.2) is 4.98 Å². The Morgan fingerprint density at radius 1 is 0.966 bits per heavy atom.